The number of carbonyl (C=O) groups is 2. The van der Waals surface area contributed by atoms with Crippen LogP contribution in [0.3, 0.4) is 0 Å². The van der Waals surface area contributed by atoms with Gasteiger partial charge in [-0.25, -0.2) is 0 Å². The number of anilines is 1. The van der Waals surface area contributed by atoms with Crippen LogP contribution in [0.5, 0.6) is 0 Å². The van der Waals surface area contributed by atoms with Gasteiger partial charge in [-0.15, -0.1) is 11.3 Å². The zero-order chi connectivity index (χ0) is 16.2. The van der Waals surface area contributed by atoms with Gasteiger partial charge in [-0.1, -0.05) is 30.3 Å². The lowest BCUT2D eigenvalue weighted by molar-refractivity contribution is -0.124. The van der Waals surface area contributed by atoms with Crippen molar-refractivity contribution in [2.45, 2.75) is 25.4 Å². The lowest BCUT2D eigenvalue weighted by Gasteiger charge is -2.09. The van der Waals surface area contributed by atoms with E-state index in [9.17, 15) is 9.59 Å². The van der Waals surface area contributed by atoms with Gasteiger partial charge in [0.1, 0.15) is 11.1 Å². The molecular formula is C17H18N2O3S. The van der Waals surface area contributed by atoms with Crippen molar-refractivity contribution in [3.63, 3.8) is 0 Å². The van der Waals surface area contributed by atoms with Gasteiger partial charge in [-0.05, 0) is 24.5 Å². The number of thiophene rings is 1. The third-order valence-corrected chi connectivity index (χ3v) is 4.78. The van der Waals surface area contributed by atoms with E-state index in [1.165, 1.54) is 11.3 Å². The summed E-state index contributed by atoms with van der Waals surface area (Å²) in [4.78, 5) is 24.8. The summed E-state index contributed by atoms with van der Waals surface area (Å²) in [6, 6.07) is 11.7. The van der Waals surface area contributed by atoms with E-state index < -0.39 is 12.0 Å². The predicted octanol–water partition coefficient (Wildman–Crippen LogP) is 2.56. The molecule has 6 heteroatoms. The molecule has 1 aromatic carbocycles. The van der Waals surface area contributed by atoms with Crippen molar-refractivity contribution in [3.8, 4) is 0 Å². The van der Waals surface area contributed by atoms with E-state index >= 15 is 0 Å². The highest BCUT2D eigenvalue weighted by Crippen LogP contribution is 2.30. The Labute approximate surface area is 138 Å². The average molecular weight is 330 g/mol. The van der Waals surface area contributed by atoms with Gasteiger partial charge < -0.3 is 15.8 Å². The first kappa shape index (κ1) is 15.7. The number of carbonyl (C=O) groups excluding carboxylic acids is 2. The summed E-state index contributed by atoms with van der Waals surface area (Å²) in [5, 5.41) is 3.30. The second-order valence-corrected chi connectivity index (χ2v) is 6.61. The molecule has 0 spiro atoms. The lowest BCUT2D eigenvalue weighted by atomic mass is 10.1. The summed E-state index contributed by atoms with van der Waals surface area (Å²) >= 11 is 1.38. The van der Waals surface area contributed by atoms with E-state index in [-0.39, 0.29) is 5.91 Å². The Balaban J connectivity index is 1.78. The van der Waals surface area contributed by atoms with Crippen LogP contribution in [-0.2, 0) is 16.0 Å². The molecule has 1 aliphatic rings. The van der Waals surface area contributed by atoms with Crippen LogP contribution in [0.1, 0.15) is 33.6 Å². The minimum atomic E-state index is -0.539. The van der Waals surface area contributed by atoms with Crippen molar-refractivity contribution < 1.29 is 14.3 Å². The highest BCUT2D eigenvalue weighted by molar-refractivity contribution is 7.16. The van der Waals surface area contributed by atoms with E-state index in [4.69, 9.17) is 10.5 Å². The summed E-state index contributed by atoms with van der Waals surface area (Å²) in [6.45, 7) is 0.602. The highest BCUT2D eigenvalue weighted by Gasteiger charge is 2.25. The average Bonchev–Trinajstić information content (AvgIpc) is 3.18. The minimum absolute atomic E-state index is 0.210. The standard InChI is InChI=1S/C17H18N2O3S/c18-15(20)13-10-12(9-11-5-2-1-3-6-11)23-17(13)19-16(21)14-7-4-8-22-14/h1-3,5-6,10,14H,4,7-9H2,(H2,18,20)(H,19,21). The predicted molar refractivity (Wildman–Crippen MR) is 89.7 cm³/mol. The fourth-order valence-corrected chi connectivity index (χ4v) is 3.68. The third kappa shape index (κ3) is 3.78. The Morgan fingerprint density at radius 3 is 2.74 bits per heavy atom. The zero-order valence-corrected chi connectivity index (χ0v) is 13.4. The molecule has 0 saturated carbocycles. The molecule has 1 saturated heterocycles. The van der Waals surface area contributed by atoms with Crippen LogP contribution in [0.2, 0.25) is 0 Å². The molecule has 3 N–H and O–H groups in total. The molecule has 1 aliphatic heterocycles. The van der Waals surface area contributed by atoms with E-state index in [1.807, 2.05) is 30.3 Å². The van der Waals surface area contributed by atoms with Gasteiger partial charge in [0.25, 0.3) is 11.8 Å². The molecule has 1 fully saturated rings. The molecule has 1 unspecified atom stereocenters. The number of rotatable bonds is 5. The molecule has 0 radical (unpaired) electrons. The van der Waals surface area contributed by atoms with Crippen molar-refractivity contribution in [3.05, 3.63) is 52.4 Å². The molecule has 23 heavy (non-hydrogen) atoms. The van der Waals surface area contributed by atoms with Gasteiger partial charge in [-0.2, -0.15) is 0 Å². The number of hydrogen-bond donors (Lipinski definition) is 2. The second-order valence-electron chi connectivity index (χ2n) is 5.47. The quantitative estimate of drug-likeness (QED) is 0.884. The number of nitrogens with two attached hydrogens (primary N) is 1. The number of amides is 2. The summed E-state index contributed by atoms with van der Waals surface area (Å²) in [5.74, 6) is -0.749. The normalized spacial score (nSPS) is 17.1. The topological polar surface area (TPSA) is 81.4 Å². The molecule has 1 aromatic heterocycles. The van der Waals surface area contributed by atoms with Gasteiger partial charge in [0.05, 0.1) is 5.56 Å². The maximum Gasteiger partial charge on any atom is 0.254 e. The van der Waals surface area contributed by atoms with Crippen molar-refractivity contribution >= 4 is 28.2 Å². The van der Waals surface area contributed by atoms with E-state index in [0.29, 0.717) is 30.0 Å². The zero-order valence-electron chi connectivity index (χ0n) is 12.6. The first-order valence-electron chi connectivity index (χ1n) is 7.52. The first-order valence-corrected chi connectivity index (χ1v) is 8.34. The molecule has 0 aliphatic carbocycles. The van der Waals surface area contributed by atoms with Crippen molar-refractivity contribution in [2.24, 2.45) is 5.73 Å². The molecule has 120 valence electrons. The van der Waals surface area contributed by atoms with Crippen LogP contribution in [0.25, 0.3) is 0 Å². The maximum atomic E-state index is 12.2. The molecule has 2 amide bonds. The van der Waals surface area contributed by atoms with Crippen molar-refractivity contribution in [2.75, 3.05) is 11.9 Å². The third-order valence-electron chi connectivity index (χ3n) is 3.73. The molecule has 1 atom stereocenters. The number of benzene rings is 1. The van der Waals surface area contributed by atoms with Crippen LogP contribution < -0.4 is 11.1 Å². The second kappa shape index (κ2) is 6.93. The highest BCUT2D eigenvalue weighted by atomic mass is 32.1. The van der Waals surface area contributed by atoms with E-state index in [0.717, 1.165) is 16.9 Å². The Bertz CT molecular complexity index is 706. The van der Waals surface area contributed by atoms with Crippen molar-refractivity contribution in [1.82, 2.24) is 0 Å². The van der Waals surface area contributed by atoms with Gasteiger partial charge in [0, 0.05) is 17.9 Å². The van der Waals surface area contributed by atoms with Gasteiger partial charge >= 0.3 is 0 Å². The Hall–Kier alpha value is -2.18. The fraction of sp³-hybridized carbons (Fsp3) is 0.294. The van der Waals surface area contributed by atoms with E-state index in [2.05, 4.69) is 5.32 Å². The summed E-state index contributed by atoms with van der Waals surface area (Å²) in [5.41, 5.74) is 6.93. The monoisotopic (exact) mass is 330 g/mol. The van der Waals surface area contributed by atoms with Gasteiger partial charge in [0.15, 0.2) is 0 Å². The number of ether oxygens (including phenoxy) is 1. The smallest absolute Gasteiger partial charge is 0.254 e. The van der Waals surface area contributed by atoms with Crippen LogP contribution >= 0.6 is 11.3 Å². The van der Waals surface area contributed by atoms with Gasteiger partial charge in [0.2, 0.25) is 0 Å². The van der Waals surface area contributed by atoms with Gasteiger partial charge in [-0.3, -0.25) is 9.59 Å². The fourth-order valence-electron chi connectivity index (χ4n) is 2.58. The maximum absolute atomic E-state index is 12.2. The molecule has 2 aromatic rings. The Morgan fingerprint density at radius 2 is 2.09 bits per heavy atom. The largest absolute Gasteiger partial charge is 0.368 e. The van der Waals surface area contributed by atoms with Crippen LogP contribution in [-0.4, -0.2) is 24.5 Å². The number of nitrogens with one attached hydrogen (secondary N) is 1. The first-order chi connectivity index (χ1) is 11.1. The van der Waals surface area contributed by atoms with Crippen molar-refractivity contribution in [1.29, 1.82) is 0 Å². The molecule has 0 bridgehead atoms. The molecule has 2 heterocycles. The summed E-state index contributed by atoms with van der Waals surface area (Å²) in [7, 11) is 0. The van der Waals surface area contributed by atoms with Crippen LogP contribution in [0.15, 0.2) is 36.4 Å². The Morgan fingerprint density at radius 1 is 1.30 bits per heavy atom. The molecule has 5 nitrogen and oxygen atoms in total. The summed E-state index contributed by atoms with van der Waals surface area (Å²) in [6.07, 6.45) is 1.85. The summed E-state index contributed by atoms with van der Waals surface area (Å²) < 4.78 is 5.37. The number of primary amides is 1. The number of hydrogen-bond acceptors (Lipinski definition) is 4. The minimum Gasteiger partial charge on any atom is -0.368 e. The molecule has 3 rings (SSSR count). The SMILES string of the molecule is NC(=O)c1cc(Cc2ccccc2)sc1NC(=O)C1CCCO1. The van der Waals surface area contributed by atoms with Crippen LogP contribution in [0, 0.1) is 0 Å². The Kier molecular flexibility index (Phi) is 4.73. The van der Waals surface area contributed by atoms with E-state index in [1.54, 1.807) is 6.07 Å². The lowest BCUT2D eigenvalue weighted by Crippen LogP contribution is -2.27. The molecular weight excluding hydrogens is 312 g/mol. The van der Waals surface area contributed by atoms with Crippen LogP contribution in [0.4, 0.5) is 5.00 Å².